The van der Waals surface area contributed by atoms with E-state index < -0.39 is 17.6 Å². The van der Waals surface area contributed by atoms with E-state index >= 15 is 0 Å². The SMILES string of the molecule is CCCNC(=O)CCNC(=O)C=Cc1cc(C(F)(F)F)ccc1Cl. The van der Waals surface area contributed by atoms with Crippen molar-refractivity contribution in [1.29, 1.82) is 0 Å². The van der Waals surface area contributed by atoms with E-state index in [1.165, 1.54) is 6.08 Å². The molecule has 0 spiro atoms. The molecule has 0 saturated heterocycles. The van der Waals surface area contributed by atoms with Crippen molar-refractivity contribution < 1.29 is 22.8 Å². The zero-order valence-corrected chi connectivity index (χ0v) is 13.8. The molecule has 0 saturated carbocycles. The van der Waals surface area contributed by atoms with E-state index in [4.69, 9.17) is 11.6 Å². The standard InChI is InChI=1S/C16H18ClF3N2O2/c1-2-8-21-15(24)7-9-22-14(23)6-3-11-10-12(16(18,19)20)4-5-13(11)17/h3-6,10H,2,7-9H2,1H3,(H,21,24)(H,22,23). The molecular weight excluding hydrogens is 345 g/mol. The van der Waals surface area contributed by atoms with Crippen molar-refractivity contribution in [1.82, 2.24) is 10.6 Å². The molecule has 2 amide bonds. The molecule has 2 N–H and O–H groups in total. The molecule has 0 aromatic heterocycles. The predicted molar refractivity (Wildman–Crippen MR) is 86.4 cm³/mol. The summed E-state index contributed by atoms with van der Waals surface area (Å²) >= 11 is 5.82. The summed E-state index contributed by atoms with van der Waals surface area (Å²) in [5.74, 6) is -0.700. The van der Waals surface area contributed by atoms with Crippen molar-refractivity contribution in [2.75, 3.05) is 13.1 Å². The number of hydrogen-bond donors (Lipinski definition) is 2. The summed E-state index contributed by atoms with van der Waals surface area (Å²) in [4.78, 5) is 22.9. The molecule has 1 aromatic carbocycles. The Morgan fingerprint density at radius 1 is 1.21 bits per heavy atom. The van der Waals surface area contributed by atoms with Crippen molar-refractivity contribution in [3.63, 3.8) is 0 Å². The average Bonchev–Trinajstić information content (AvgIpc) is 2.51. The molecule has 0 atom stereocenters. The average molecular weight is 363 g/mol. The minimum Gasteiger partial charge on any atom is -0.356 e. The highest BCUT2D eigenvalue weighted by Crippen LogP contribution is 2.32. The van der Waals surface area contributed by atoms with E-state index in [-0.39, 0.29) is 29.5 Å². The van der Waals surface area contributed by atoms with Crippen molar-refractivity contribution in [3.8, 4) is 0 Å². The van der Waals surface area contributed by atoms with Crippen LogP contribution in [-0.4, -0.2) is 24.9 Å². The molecule has 8 heteroatoms. The molecule has 1 rings (SSSR count). The van der Waals surface area contributed by atoms with Crippen LogP contribution in [-0.2, 0) is 15.8 Å². The lowest BCUT2D eigenvalue weighted by atomic mass is 10.1. The third-order valence-corrected chi connectivity index (χ3v) is 3.31. The van der Waals surface area contributed by atoms with Gasteiger partial charge in [-0.3, -0.25) is 9.59 Å². The maximum Gasteiger partial charge on any atom is 0.416 e. The van der Waals surface area contributed by atoms with Crippen LogP contribution in [0.4, 0.5) is 13.2 Å². The Hall–Kier alpha value is -2.02. The molecule has 24 heavy (non-hydrogen) atoms. The zero-order valence-electron chi connectivity index (χ0n) is 13.0. The van der Waals surface area contributed by atoms with Crippen molar-refractivity contribution in [3.05, 3.63) is 40.4 Å². The van der Waals surface area contributed by atoms with Gasteiger partial charge in [0.05, 0.1) is 5.56 Å². The first-order chi connectivity index (χ1) is 11.2. The van der Waals surface area contributed by atoms with Crippen molar-refractivity contribution in [2.24, 2.45) is 0 Å². The van der Waals surface area contributed by atoms with Gasteiger partial charge in [0.25, 0.3) is 0 Å². The summed E-state index contributed by atoms with van der Waals surface area (Å²) < 4.78 is 37.9. The summed E-state index contributed by atoms with van der Waals surface area (Å²) in [7, 11) is 0. The second kappa shape index (κ2) is 9.32. The van der Waals surface area contributed by atoms with Crippen LogP contribution in [0.15, 0.2) is 24.3 Å². The molecular formula is C16H18ClF3N2O2. The number of benzene rings is 1. The Labute approximate surface area is 143 Å². The van der Waals surface area contributed by atoms with Crippen LogP contribution in [0.25, 0.3) is 6.08 Å². The summed E-state index contributed by atoms with van der Waals surface area (Å²) in [6.07, 6.45) is -1.26. The van der Waals surface area contributed by atoms with Gasteiger partial charge >= 0.3 is 6.18 Å². The van der Waals surface area contributed by atoms with Gasteiger partial charge in [-0.05, 0) is 36.3 Å². The molecule has 0 radical (unpaired) electrons. The van der Waals surface area contributed by atoms with Gasteiger partial charge in [-0.2, -0.15) is 13.2 Å². The van der Waals surface area contributed by atoms with Crippen LogP contribution in [0, 0.1) is 0 Å². The fraction of sp³-hybridized carbons (Fsp3) is 0.375. The van der Waals surface area contributed by atoms with Crippen LogP contribution < -0.4 is 10.6 Å². The summed E-state index contributed by atoms with van der Waals surface area (Å²) in [6.45, 7) is 2.63. The number of amides is 2. The van der Waals surface area contributed by atoms with Gasteiger partial charge in [0.15, 0.2) is 0 Å². The first-order valence-corrected chi connectivity index (χ1v) is 7.71. The Balaban J connectivity index is 2.56. The summed E-state index contributed by atoms with van der Waals surface area (Å²) in [6, 6.07) is 2.86. The van der Waals surface area contributed by atoms with Gasteiger partial charge in [-0.25, -0.2) is 0 Å². The molecule has 0 aliphatic heterocycles. The van der Waals surface area contributed by atoms with Crippen LogP contribution in [0.5, 0.6) is 0 Å². The lowest BCUT2D eigenvalue weighted by Gasteiger charge is -2.08. The first-order valence-electron chi connectivity index (χ1n) is 7.33. The Bertz CT molecular complexity index is 616. The molecule has 0 heterocycles. The second-order valence-corrected chi connectivity index (χ2v) is 5.37. The van der Waals surface area contributed by atoms with Crippen LogP contribution in [0.2, 0.25) is 5.02 Å². The predicted octanol–water partition coefficient (Wildman–Crippen LogP) is 3.40. The number of rotatable bonds is 7. The zero-order chi connectivity index (χ0) is 18.2. The van der Waals surface area contributed by atoms with Gasteiger partial charge in [-0.1, -0.05) is 18.5 Å². The smallest absolute Gasteiger partial charge is 0.356 e. The fourth-order valence-corrected chi connectivity index (χ4v) is 1.90. The Morgan fingerprint density at radius 3 is 2.54 bits per heavy atom. The van der Waals surface area contributed by atoms with E-state index in [0.29, 0.717) is 6.54 Å². The van der Waals surface area contributed by atoms with E-state index in [9.17, 15) is 22.8 Å². The van der Waals surface area contributed by atoms with E-state index in [2.05, 4.69) is 10.6 Å². The third kappa shape index (κ3) is 7.04. The molecule has 0 aliphatic carbocycles. The number of carbonyl (C=O) groups is 2. The summed E-state index contributed by atoms with van der Waals surface area (Å²) in [5.41, 5.74) is -0.762. The lowest BCUT2D eigenvalue weighted by molar-refractivity contribution is -0.137. The van der Waals surface area contributed by atoms with Gasteiger partial charge in [0, 0.05) is 30.6 Å². The van der Waals surface area contributed by atoms with E-state index in [0.717, 1.165) is 30.7 Å². The monoisotopic (exact) mass is 362 g/mol. The maximum atomic E-state index is 12.6. The molecule has 0 fully saturated rings. The molecule has 132 valence electrons. The number of nitrogens with one attached hydrogen (secondary N) is 2. The number of halogens is 4. The number of alkyl halides is 3. The van der Waals surface area contributed by atoms with Gasteiger partial charge in [-0.15, -0.1) is 0 Å². The van der Waals surface area contributed by atoms with Gasteiger partial charge in [0.1, 0.15) is 0 Å². The number of carbonyl (C=O) groups excluding carboxylic acids is 2. The van der Waals surface area contributed by atoms with Crippen molar-refractivity contribution >= 4 is 29.5 Å². The topological polar surface area (TPSA) is 58.2 Å². The Kier molecular flexibility index (Phi) is 7.78. The quantitative estimate of drug-likeness (QED) is 0.730. The Morgan fingerprint density at radius 2 is 1.92 bits per heavy atom. The van der Waals surface area contributed by atoms with Crippen LogP contribution >= 0.6 is 11.6 Å². The largest absolute Gasteiger partial charge is 0.416 e. The highest BCUT2D eigenvalue weighted by Gasteiger charge is 2.30. The van der Waals surface area contributed by atoms with E-state index in [1.807, 2.05) is 6.92 Å². The molecule has 0 aliphatic rings. The molecule has 0 unspecified atom stereocenters. The highest BCUT2D eigenvalue weighted by atomic mass is 35.5. The van der Waals surface area contributed by atoms with Crippen molar-refractivity contribution in [2.45, 2.75) is 25.9 Å². The van der Waals surface area contributed by atoms with Crippen LogP contribution in [0.3, 0.4) is 0 Å². The number of hydrogen-bond acceptors (Lipinski definition) is 2. The maximum absolute atomic E-state index is 12.6. The molecule has 0 bridgehead atoms. The van der Waals surface area contributed by atoms with Gasteiger partial charge in [0.2, 0.25) is 11.8 Å². The third-order valence-electron chi connectivity index (χ3n) is 2.96. The first kappa shape index (κ1) is 20.0. The molecule has 1 aromatic rings. The normalized spacial score (nSPS) is 11.5. The lowest BCUT2D eigenvalue weighted by Crippen LogP contribution is -2.30. The summed E-state index contributed by atoms with van der Waals surface area (Å²) in [5, 5.41) is 5.23. The second-order valence-electron chi connectivity index (χ2n) is 4.96. The highest BCUT2D eigenvalue weighted by molar-refractivity contribution is 6.32. The van der Waals surface area contributed by atoms with Gasteiger partial charge < -0.3 is 10.6 Å². The van der Waals surface area contributed by atoms with Crippen LogP contribution in [0.1, 0.15) is 30.9 Å². The minimum absolute atomic E-state index is 0.0855. The van der Waals surface area contributed by atoms with E-state index in [1.54, 1.807) is 0 Å². The minimum atomic E-state index is -4.48. The fourth-order valence-electron chi connectivity index (χ4n) is 1.72. The molecule has 4 nitrogen and oxygen atoms in total.